The number of aryl methyl sites for hydroxylation is 2. The van der Waals surface area contributed by atoms with Gasteiger partial charge in [0.15, 0.2) is 6.61 Å². The lowest BCUT2D eigenvalue weighted by Gasteiger charge is -2.27. The van der Waals surface area contributed by atoms with Crippen LogP contribution in [0.5, 0.6) is 0 Å². The van der Waals surface area contributed by atoms with Gasteiger partial charge >= 0.3 is 5.97 Å². The summed E-state index contributed by atoms with van der Waals surface area (Å²) in [6, 6.07) is 8.72. The molecule has 2 heterocycles. The molecular weight excluding hydrogens is 376 g/mol. The Morgan fingerprint density at radius 1 is 1.25 bits per heavy atom. The van der Waals surface area contributed by atoms with Gasteiger partial charge in [-0.25, -0.2) is 4.79 Å². The van der Waals surface area contributed by atoms with E-state index in [0.717, 1.165) is 25.7 Å². The van der Waals surface area contributed by atoms with Crippen molar-refractivity contribution >= 4 is 40.5 Å². The zero-order chi connectivity index (χ0) is 19.7. The molecule has 1 N–H and O–H groups in total. The number of amides is 2. The Morgan fingerprint density at radius 2 is 2.04 bits per heavy atom. The highest BCUT2D eigenvalue weighted by Crippen LogP contribution is 2.32. The van der Waals surface area contributed by atoms with Crippen molar-refractivity contribution in [2.45, 2.75) is 45.1 Å². The predicted octanol–water partition coefficient (Wildman–Crippen LogP) is 3.55. The Morgan fingerprint density at radius 3 is 2.86 bits per heavy atom. The Bertz CT molecular complexity index is 913. The van der Waals surface area contributed by atoms with Crippen molar-refractivity contribution in [2.24, 2.45) is 0 Å². The fraction of sp³-hybridized carbons (Fsp3) is 0.381. The third-order valence-electron chi connectivity index (χ3n) is 5.15. The number of thiophene rings is 1. The third-order valence-corrected chi connectivity index (χ3v) is 6.37. The van der Waals surface area contributed by atoms with Gasteiger partial charge in [-0.3, -0.25) is 9.59 Å². The van der Waals surface area contributed by atoms with Crippen LogP contribution >= 0.6 is 11.3 Å². The molecule has 1 aromatic carbocycles. The lowest BCUT2D eigenvalue weighted by molar-refractivity contribution is -0.122. The number of carbonyl (C=O) groups is 3. The molecular formula is C21H22N2O4S. The maximum absolute atomic E-state index is 12.9. The lowest BCUT2D eigenvalue weighted by atomic mass is 9.99. The summed E-state index contributed by atoms with van der Waals surface area (Å²) >= 11 is 1.47. The van der Waals surface area contributed by atoms with E-state index >= 15 is 0 Å². The first kappa shape index (κ1) is 18.7. The fourth-order valence-corrected chi connectivity index (χ4v) is 4.97. The van der Waals surface area contributed by atoms with E-state index in [1.54, 1.807) is 23.1 Å². The summed E-state index contributed by atoms with van der Waals surface area (Å²) in [5.41, 5.74) is 2.44. The van der Waals surface area contributed by atoms with Crippen molar-refractivity contribution in [3.8, 4) is 0 Å². The Labute approximate surface area is 167 Å². The van der Waals surface area contributed by atoms with Crippen LogP contribution in [0.1, 0.15) is 46.3 Å². The molecule has 1 aromatic heterocycles. The van der Waals surface area contributed by atoms with Gasteiger partial charge in [-0.05, 0) is 56.4 Å². The van der Waals surface area contributed by atoms with E-state index in [-0.39, 0.29) is 30.9 Å². The Kier molecular flexibility index (Phi) is 5.17. The summed E-state index contributed by atoms with van der Waals surface area (Å²) in [5, 5.41) is 2.82. The standard InChI is InChI=1S/C21H22N2O4S/c1-13-10-19(24)22-15-7-3-4-8-16(15)23(13)20(25)12-27-21(26)18-11-14-6-2-5-9-17(14)28-18/h3-4,7-8,11,13H,2,5-6,9-10,12H2,1H3,(H,22,24)/t13-/m0/s1. The first-order chi connectivity index (χ1) is 13.5. The Balaban J connectivity index is 1.48. The average Bonchev–Trinajstić information content (AvgIpc) is 3.06. The molecule has 0 saturated heterocycles. The molecule has 0 fully saturated rings. The smallest absolute Gasteiger partial charge is 0.348 e. The van der Waals surface area contributed by atoms with Crippen LogP contribution in [-0.4, -0.2) is 30.4 Å². The quantitative estimate of drug-likeness (QED) is 0.803. The van der Waals surface area contributed by atoms with Crippen LogP contribution in [0.2, 0.25) is 0 Å². The van der Waals surface area contributed by atoms with Gasteiger partial charge < -0.3 is 15.0 Å². The fourth-order valence-electron chi connectivity index (χ4n) is 3.83. The van der Waals surface area contributed by atoms with E-state index in [0.29, 0.717) is 16.3 Å². The van der Waals surface area contributed by atoms with Gasteiger partial charge in [-0.2, -0.15) is 0 Å². The van der Waals surface area contributed by atoms with Crippen molar-refractivity contribution in [3.05, 3.63) is 45.6 Å². The van der Waals surface area contributed by atoms with Crippen molar-refractivity contribution in [1.82, 2.24) is 0 Å². The largest absolute Gasteiger partial charge is 0.451 e. The molecule has 2 aromatic rings. The van der Waals surface area contributed by atoms with Crippen LogP contribution in [0.3, 0.4) is 0 Å². The normalized spacial score (nSPS) is 18.5. The summed E-state index contributed by atoms with van der Waals surface area (Å²) in [6.07, 6.45) is 4.50. The van der Waals surface area contributed by atoms with Gasteiger partial charge in [0.1, 0.15) is 4.88 Å². The number of nitrogens with one attached hydrogen (secondary N) is 1. The SMILES string of the molecule is C[C@H]1CC(=O)Nc2ccccc2N1C(=O)COC(=O)c1cc2c(s1)CCCC2. The summed E-state index contributed by atoms with van der Waals surface area (Å²) in [5.74, 6) is -0.944. The summed E-state index contributed by atoms with van der Waals surface area (Å²) in [6.45, 7) is 1.46. The molecule has 0 saturated carbocycles. The van der Waals surface area contributed by atoms with Crippen molar-refractivity contribution in [1.29, 1.82) is 0 Å². The number of fused-ring (bicyclic) bond motifs is 2. The zero-order valence-electron chi connectivity index (χ0n) is 15.7. The average molecular weight is 398 g/mol. The summed E-state index contributed by atoms with van der Waals surface area (Å²) < 4.78 is 5.33. The Hall–Kier alpha value is -2.67. The summed E-state index contributed by atoms with van der Waals surface area (Å²) in [7, 11) is 0. The highest BCUT2D eigenvalue weighted by atomic mass is 32.1. The van der Waals surface area contributed by atoms with E-state index in [9.17, 15) is 14.4 Å². The summed E-state index contributed by atoms with van der Waals surface area (Å²) in [4.78, 5) is 40.7. The van der Waals surface area contributed by atoms with Crippen molar-refractivity contribution < 1.29 is 19.1 Å². The third kappa shape index (κ3) is 3.67. The molecule has 7 heteroatoms. The topological polar surface area (TPSA) is 75.7 Å². The van der Waals surface area contributed by atoms with Crippen LogP contribution in [0.25, 0.3) is 0 Å². The monoisotopic (exact) mass is 398 g/mol. The zero-order valence-corrected chi connectivity index (χ0v) is 16.5. The van der Waals surface area contributed by atoms with Gasteiger partial charge in [-0.1, -0.05) is 12.1 Å². The number of para-hydroxylation sites is 2. The molecule has 0 unspecified atom stereocenters. The second-order valence-corrected chi connectivity index (χ2v) is 8.36. The molecule has 1 aliphatic carbocycles. The number of ether oxygens (including phenoxy) is 1. The minimum atomic E-state index is -0.460. The van der Waals surface area contributed by atoms with E-state index in [1.165, 1.54) is 21.8 Å². The van der Waals surface area contributed by atoms with E-state index in [1.807, 2.05) is 19.1 Å². The molecule has 2 aliphatic rings. The van der Waals surface area contributed by atoms with Gasteiger partial charge in [0.25, 0.3) is 5.91 Å². The molecule has 146 valence electrons. The first-order valence-corrected chi connectivity index (χ1v) is 10.3. The number of anilines is 2. The van der Waals surface area contributed by atoms with Crippen LogP contribution in [0.4, 0.5) is 11.4 Å². The van der Waals surface area contributed by atoms with E-state index in [2.05, 4.69) is 5.32 Å². The maximum Gasteiger partial charge on any atom is 0.348 e. The number of hydrogen-bond donors (Lipinski definition) is 1. The molecule has 0 spiro atoms. The van der Waals surface area contributed by atoms with Gasteiger partial charge in [0, 0.05) is 17.3 Å². The van der Waals surface area contributed by atoms with Crippen molar-refractivity contribution in [2.75, 3.05) is 16.8 Å². The maximum atomic E-state index is 12.9. The molecule has 1 atom stereocenters. The molecule has 2 amide bonds. The molecule has 28 heavy (non-hydrogen) atoms. The lowest BCUT2D eigenvalue weighted by Crippen LogP contribution is -2.41. The van der Waals surface area contributed by atoms with Crippen LogP contribution in [0, 0.1) is 0 Å². The number of benzene rings is 1. The minimum Gasteiger partial charge on any atom is -0.451 e. The molecule has 1 aliphatic heterocycles. The number of rotatable bonds is 3. The molecule has 0 radical (unpaired) electrons. The highest BCUT2D eigenvalue weighted by molar-refractivity contribution is 7.14. The minimum absolute atomic E-state index is 0.142. The van der Waals surface area contributed by atoms with Crippen LogP contribution in [0.15, 0.2) is 30.3 Å². The number of esters is 1. The predicted molar refractivity (Wildman–Crippen MR) is 108 cm³/mol. The molecule has 4 rings (SSSR count). The molecule has 6 nitrogen and oxygen atoms in total. The number of nitrogens with zero attached hydrogens (tertiary/aromatic N) is 1. The number of carbonyl (C=O) groups excluding carboxylic acids is 3. The van der Waals surface area contributed by atoms with Gasteiger partial charge in [0.2, 0.25) is 5.91 Å². The van der Waals surface area contributed by atoms with E-state index in [4.69, 9.17) is 4.74 Å². The second-order valence-electron chi connectivity index (χ2n) is 7.22. The van der Waals surface area contributed by atoms with Crippen LogP contribution in [-0.2, 0) is 27.2 Å². The van der Waals surface area contributed by atoms with Crippen molar-refractivity contribution in [3.63, 3.8) is 0 Å². The highest BCUT2D eigenvalue weighted by Gasteiger charge is 2.30. The molecule has 0 bridgehead atoms. The second kappa shape index (κ2) is 7.75. The first-order valence-electron chi connectivity index (χ1n) is 9.52. The van der Waals surface area contributed by atoms with Gasteiger partial charge in [-0.15, -0.1) is 11.3 Å². The number of hydrogen-bond acceptors (Lipinski definition) is 5. The van der Waals surface area contributed by atoms with E-state index < -0.39 is 5.97 Å². The van der Waals surface area contributed by atoms with Gasteiger partial charge in [0.05, 0.1) is 11.4 Å². The van der Waals surface area contributed by atoms with Crippen LogP contribution < -0.4 is 10.2 Å².